The number of aromatic nitrogens is 3. The zero-order chi connectivity index (χ0) is 23.7. The van der Waals surface area contributed by atoms with E-state index in [2.05, 4.69) is 35.5 Å². The molecule has 172 valence electrons. The van der Waals surface area contributed by atoms with E-state index in [1.807, 2.05) is 61.9 Å². The number of hydrogen-bond donors (Lipinski definition) is 2. The van der Waals surface area contributed by atoms with Crippen LogP contribution in [0.5, 0.6) is 0 Å². The van der Waals surface area contributed by atoms with Gasteiger partial charge in [-0.3, -0.25) is 4.79 Å². The Morgan fingerprint density at radius 1 is 1.21 bits per heavy atom. The smallest absolute Gasteiger partial charge is 0.255 e. The van der Waals surface area contributed by atoms with Gasteiger partial charge in [0.2, 0.25) is 11.1 Å². The number of halogens is 1. The predicted molar refractivity (Wildman–Crippen MR) is 136 cm³/mol. The zero-order valence-electron chi connectivity index (χ0n) is 19.4. The molecule has 0 saturated heterocycles. The van der Waals surface area contributed by atoms with Crippen molar-refractivity contribution in [2.24, 2.45) is 5.92 Å². The van der Waals surface area contributed by atoms with Crippen LogP contribution in [0.1, 0.15) is 43.5 Å². The summed E-state index contributed by atoms with van der Waals surface area (Å²) in [5, 5.41) is 12.5. The minimum atomic E-state index is -0.228. The first-order chi connectivity index (χ1) is 15.7. The lowest BCUT2D eigenvalue weighted by Gasteiger charge is -2.30. The van der Waals surface area contributed by atoms with Crippen molar-refractivity contribution < 1.29 is 4.79 Å². The number of hydrogen-bond acceptors (Lipinski definition) is 5. The van der Waals surface area contributed by atoms with Crippen molar-refractivity contribution in [3.8, 4) is 0 Å². The Hall–Kier alpha value is -2.77. The van der Waals surface area contributed by atoms with Crippen LogP contribution in [0.4, 0.5) is 11.6 Å². The summed E-state index contributed by atoms with van der Waals surface area (Å²) >= 11 is 7.82. The van der Waals surface area contributed by atoms with Crippen molar-refractivity contribution in [3.05, 3.63) is 75.4 Å². The molecule has 1 amide bonds. The Morgan fingerprint density at radius 2 is 1.97 bits per heavy atom. The molecule has 0 radical (unpaired) electrons. The number of thioether (sulfide) groups is 1. The van der Waals surface area contributed by atoms with Crippen LogP contribution in [0.3, 0.4) is 0 Å². The van der Waals surface area contributed by atoms with Crippen molar-refractivity contribution in [1.82, 2.24) is 14.8 Å². The summed E-state index contributed by atoms with van der Waals surface area (Å²) in [4.78, 5) is 18.1. The molecule has 8 heteroatoms. The van der Waals surface area contributed by atoms with Gasteiger partial charge < -0.3 is 10.6 Å². The van der Waals surface area contributed by atoms with Gasteiger partial charge in [-0.25, -0.2) is 4.68 Å². The van der Waals surface area contributed by atoms with E-state index in [1.165, 1.54) is 11.8 Å². The van der Waals surface area contributed by atoms with E-state index in [0.29, 0.717) is 22.4 Å². The second-order valence-corrected chi connectivity index (χ2v) is 10.0. The third-order valence-corrected chi connectivity index (χ3v) is 6.95. The molecule has 4 rings (SSSR count). The van der Waals surface area contributed by atoms with Crippen LogP contribution < -0.4 is 10.6 Å². The molecule has 0 bridgehead atoms. The molecule has 1 aromatic heterocycles. The quantitative estimate of drug-likeness (QED) is 0.400. The second-order valence-electron chi connectivity index (χ2n) is 8.67. The van der Waals surface area contributed by atoms with Crippen LogP contribution in [0, 0.1) is 19.8 Å². The Kier molecular flexibility index (Phi) is 6.81. The maximum absolute atomic E-state index is 13.4. The van der Waals surface area contributed by atoms with Crippen molar-refractivity contribution in [3.63, 3.8) is 0 Å². The van der Waals surface area contributed by atoms with Crippen molar-refractivity contribution in [2.45, 2.75) is 51.6 Å². The summed E-state index contributed by atoms with van der Waals surface area (Å²) in [5.41, 5.74) is 5.51. The lowest BCUT2D eigenvalue weighted by Crippen LogP contribution is -2.33. The van der Waals surface area contributed by atoms with Gasteiger partial charge in [0.25, 0.3) is 5.91 Å². The number of nitrogens with one attached hydrogen (secondary N) is 2. The monoisotopic (exact) mass is 481 g/mol. The number of carbonyl (C=O) groups excluding carboxylic acids is 1. The molecule has 0 spiro atoms. The SMILES string of the molecule is CC1=C(C(=O)Nc2ccc(C)cc2C)C(C(C)C)n2nc(SCc3ccccc3Cl)nc2N1. The van der Waals surface area contributed by atoms with E-state index in [-0.39, 0.29) is 17.9 Å². The van der Waals surface area contributed by atoms with Gasteiger partial charge in [-0.1, -0.05) is 73.1 Å². The Labute approximate surface area is 203 Å². The lowest BCUT2D eigenvalue weighted by atomic mass is 9.92. The molecular weight excluding hydrogens is 454 g/mol. The molecule has 2 heterocycles. The maximum Gasteiger partial charge on any atom is 0.255 e. The fourth-order valence-corrected chi connectivity index (χ4v) is 5.16. The normalized spacial score (nSPS) is 15.4. The molecule has 1 aliphatic heterocycles. The predicted octanol–water partition coefficient (Wildman–Crippen LogP) is 6.38. The minimum Gasteiger partial charge on any atom is -0.328 e. The summed E-state index contributed by atoms with van der Waals surface area (Å²) < 4.78 is 1.84. The molecule has 1 unspecified atom stereocenters. The lowest BCUT2D eigenvalue weighted by molar-refractivity contribution is -0.113. The van der Waals surface area contributed by atoms with E-state index < -0.39 is 0 Å². The first-order valence-corrected chi connectivity index (χ1v) is 12.3. The number of nitrogens with zero attached hydrogens (tertiary/aromatic N) is 3. The standard InChI is InChI=1S/C25H28ClN5OS/c1-14(2)22-21(23(32)28-20-11-10-15(3)12-16(20)4)17(5)27-24-29-25(30-31(22)24)33-13-18-8-6-7-9-19(18)26/h6-12,14,22H,13H2,1-5H3,(H,28,32)(H,27,29,30). The number of aryl methyl sites for hydroxylation is 2. The Balaban J connectivity index is 1.59. The topological polar surface area (TPSA) is 71.8 Å². The van der Waals surface area contributed by atoms with E-state index in [4.69, 9.17) is 16.7 Å². The molecule has 2 aromatic carbocycles. The van der Waals surface area contributed by atoms with Crippen LogP contribution in [-0.4, -0.2) is 20.7 Å². The molecule has 3 aromatic rings. The number of allylic oxidation sites excluding steroid dienone is 1. The number of carbonyl (C=O) groups is 1. The first kappa shape index (κ1) is 23.4. The van der Waals surface area contributed by atoms with Crippen LogP contribution >= 0.6 is 23.4 Å². The summed E-state index contributed by atoms with van der Waals surface area (Å²) in [5.74, 6) is 1.33. The highest BCUT2D eigenvalue weighted by Crippen LogP contribution is 2.37. The molecule has 1 atom stereocenters. The van der Waals surface area contributed by atoms with E-state index >= 15 is 0 Å². The number of benzene rings is 2. The largest absolute Gasteiger partial charge is 0.328 e. The highest BCUT2D eigenvalue weighted by atomic mass is 35.5. The molecular formula is C25H28ClN5OS. The van der Waals surface area contributed by atoms with Gasteiger partial charge in [-0.15, -0.1) is 5.10 Å². The van der Waals surface area contributed by atoms with Crippen LogP contribution in [-0.2, 0) is 10.5 Å². The number of amides is 1. The third kappa shape index (κ3) is 4.94. The van der Waals surface area contributed by atoms with Crippen molar-refractivity contribution in [2.75, 3.05) is 10.6 Å². The number of anilines is 2. The van der Waals surface area contributed by atoms with Crippen LogP contribution in [0.15, 0.2) is 58.9 Å². The van der Waals surface area contributed by atoms with Crippen LogP contribution in [0.2, 0.25) is 5.02 Å². The average Bonchev–Trinajstić information content (AvgIpc) is 3.16. The Morgan fingerprint density at radius 3 is 2.67 bits per heavy atom. The first-order valence-electron chi connectivity index (χ1n) is 10.9. The number of fused-ring (bicyclic) bond motifs is 1. The van der Waals surface area contributed by atoms with Gasteiger partial charge in [-0.2, -0.15) is 4.98 Å². The minimum absolute atomic E-state index is 0.128. The number of rotatable bonds is 6. The zero-order valence-corrected chi connectivity index (χ0v) is 21.0. The van der Waals surface area contributed by atoms with Gasteiger partial charge in [-0.05, 0) is 49.9 Å². The van der Waals surface area contributed by atoms with Gasteiger partial charge in [0.1, 0.15) is 0 Å². The molecule has 1 aliphatic rings. The maximum atomic E-state index is 13.4. The van der Waals surface area contributed by atoms with E-state index in [9.17, 15) is 4.79 Å². The van der Waals surface area contributed by atoms with Crippen LogP contribution in [0.25, 0.3) is 0 Å². The highest BCUT2D eigenvalue weighted by molar-refractivity contribution is 7.98. The van der Waals surface area contributed by atoms with Gasteiger partial charge in [0, 0.05) is 22.2 Å². The van der Waals surface area contributed by atoms with E-state index in [1.54, 1.807) is 0 Å². The highest BCUT2D eigenvalue weighted by Gasteiger charge is 2.35. The average molecular weight is 482 g/mol. The second kappa shape index (κ2) is 9.61. The van der Waals surface area contributed by atoms with E-state index in [0.717, 1.165) is 33.1 Å². The van der Waals surface area contributed by atoms with Crippen molar-refractivity contribution >= 4 is 40.9 Å². The van der Waals surface area contributed by atoms with Gasteiger partial charge in [0.15, 0.2) is 0 Å². The summed E-state index contributed by atoms with van der Waals surface area (Å²) in [7, 11) is 0. The van der Waals surface area contributed by atoms with Gasteiger partial charge >= 0.3 is 0 Å². The summed E-state index contributed by atoms with van der Waals surface area (Å²) in [6, 6.07) is 13.6. The van der Waals surface area contributed by atoms with Gasteiger partial charge in [0.05, 0.1) is 11.6 Å². The summed E-state index contributed by atoms with van der Waals surface area (Å²) in [6.45, 7) is 10.1. The van der Waals surface area contributed by atoms with Crippen molar-refractivity contribution in [1.29, 1.82) is 0 Å². The molecule has 0 saturated carbocycles. The Bertz CT molecular complexity index is 1230. The molecule has 0 fully saturated rings. The molecule has 6 nitrogen and oxygen atoms in total. The molecule has 33 heavy (non-hydrogen) atoms. The molecule has 2 N–H and O–H groups in total. The fraction of sp³-hybridized carbons (Fsp3) is 0.320. The third-order valence-electron chi connectivity index (χ3n) is 5.70. The fourth-order valence-electron chi connectivity index (χ4n) is 4.04. The molecule has 0 aliphatic carbocycles. The summed E-state index contributed by atoms with van der Waals surface area (Å²) in [6.07, 6.45) is 0.